The van der Waals surface area contributed by atoms with E-state index < -0.39 is 10.0 Å². The molecule has 2 atom stereocenters. The first-order chi connectivity index (χ1) is 9.48. The third kappa shape index (κ3) is 2.30. The minimum Gasteiger partial charge on any atom is -0.384 e. The van der Waals surface area contributed by atoms with Crippen molar-refractivity contribution in [2.75, 3.05) is 25.9 Å². The van der Waals surface area contributed by atoms with Crippen molar-refractivity contribution in [2.45, 2.75) is 36.2 Å². The van der Waals surface area contributed by atoms with Crippen LogP contribution in [0.25, 0.3) is 0 Å². The second-order valence-electron chi connectivity index (χ2n) is 5.62. The minimum absolute atomic E-state index is 0.229. The summed E-state index contributed by atoms with van der Waals surface area (Å²) >= 11 is 0. The van der Waals surface area contributed by atoms with Crippen LogP contribution in [0.15, 0.2) is 23.2 Å². The number of fused-ring (bicyclic) bond motifs is 2. The lowest BCUT2D eigenvalue weighted by molar-refractivity contribution is 0.246. The Morgan fingerprint density at radius 2 is 2.00 bits per heavy atom. The van der Waals surface area contributed by atoms with E-state index in [1.54, 1.807) is 4.31 Å². The highest BCUT2D eigenvalue weighted by Gasteiger charge is 2.38. The molecule has 2 fully saturated rings. The first-order valence-electron chi connectivity index (χ1n) is 6.92. The summed E-state index contributed by atoms with van der Waals surface area (Å²) in [5.74, 6) is 0.332. The number of nitrogens with two attached hydrogens (primary N) is 1. The zero-order valence-electron chi connectivity index (χ0n) is 11.6. The second-order valence-corrected chi connectivity index (χ2v) is 7.56. The Bertz CT molecular complexity index is 587. The SMILES string of the molecule is CN1C2CCC1CN(S(=O)(=O)c1ccc(N)nc1)CC2. The number of hydrogen-bond acceptors (Lipinski definition) is 5. The van der Waals surface area contributed by atoms with Gasteiger partial charge in [-0.15, -0.1) is 0 Å². The third-order valence-electron chi connectivity index (χ3n) is 4.51. The van der Waals surface area contributed by atoms with E-state index >= 15 is 0 Å². The van der Waals surface area contributed by atoms with Gasteiger partial charge in [0.1, 0.15) is 10.7 Å². The maximum Gasteiger partial charge on any atom is 0.244 e. The van der Waals surface area contributed by atoms with E-state index in [-0.39, 0.29) is 4.90 Å². The zero-order valence-corrected chi connectivity index (χ0v) is 12.4. The molecular formula is C13H20N4O2S. The average molecular weight is 296 g/mol. The molecular weight excluding hydrogens is 276 g/mol. The van der Waals surface area contributed by atoms with Crippen LogP contribution in [0.3, 0.4) is 0 Å². The number of likely N-dealkylation sites (N-methyl/N-ethyl adjacent to an activating group) is 1. The summed E-state index contributed by atoms with van der Waals surface area (Å²) < 4.78 is 26.9. The van der Waals surface area contributed by atoms with Crippen LogP contribution in [0.2, 0.25) is 0 Å². The summed E-state index contributed by atoms with van der Waals surface area (Å²) in [5, 5.41) is 0. The van der Waals surface area contributed by atoms with E-state index in [1.165, 1.54) is 24.8 Å². The Balaban J connectivity index is 1.86. The number of nitrogen functional groups attached to an aromatic ring is 1. The Morgan fingerprint density at radius 3 is 2.70 bits per heavy atom. The van der Waals surface area contributed by atoms with Crippen LogP contribution in [-0.2, 0) is 10.0 Å². The lowest BCUT2D eigenvalue weighted by Crippen LogP contribution is -2.39. The molecule has 0 amide bonds. The molecule has 3 rings (SSSR count). The molecule has 2 saturated heterocycles. The second kappa shape index (κ2) is 4.98. The smallest absolute Gasteiger partial charge is 0.244 e. The van der Waals surface area contributed by atoms with E-state index in [1.807, 2.05) is 0 Å². The lowest BCUT2D eigenvalue weighted by atomic mass is 10.1. The maximum absolute atomic E-state index is 12.7. The van der Waals surface area contributed by atoms with Crippen LogP contribution < -0.4 is 5.73 Å². The normalized spacial score (nSPS) is 28.4. The van der Waals surface area contributed by atoms with Gasteiger partial charge in [0.25, 0.3) is 0 Å². The number of pyridine rings is 1. The predicted octanol–water partition coefficient (Wildman–Crippen LogP) is 0.521. The van der Waals surface area contributed by atoms with Gasteiger partial charge in [0.15, 0.2) is 0 Å². The summed E-state index contributed by atoms with van der Waals surface area (Å²) in [6.07, 6.45) is 4.50. The van der Waals surface area contributed by atoms with Gasteiger partial charge in [0, 0.05) is 31.4 Å². The Hall–Kier alpha value is -1.18. The van der Waals surface area contributed by atoms with E-state index in [9.17, 15) is 8.42 Å². The molecule has 7 heteroatoms. The summed E-state index contributed by atoms with van der Waals surface area (Å²) in [6, 6.07) is 3.91. The molecule has 2 aliphatic rings. The van der Waals surface area contributed by atoms with Gasteiger partial charge < -0.3 is 5.73 Å². The fourth-order valence-electron chi connectivity index (χ4n) is 3.19. The molecule has 2 aliphatic heterocycles. The van der Waals surface area contributed by atoms with Crippen LogP contribution in [0.5, 0.6) is 0 Å². The molecule has 0 aromatic carbocycles. The number of anilines is 1. The Morgan fingerprint density at radius 1 is 1.25 bits per heavy atom. The number of rotatable bonds is 2. The van der Waals surface area contributed by atoms with Gasteiger partial charge in [-0.1, -0.05) is 0 Å². The Labute approximate surface area is 119 Å². The van der Waals surface area contributed by atoms with Crippen molar-refractivity contribution < 1.29 is 8.42 Å². The molecule has 2 N–H and O–H groups in total. The zero-order chi connectivity index (χ0) is 14.3. The van der Waals surface area contributed by atoms with Gasteiger partial charge in [-0.25, -0.2) is 13.4 Å². The minimum atomic E-state index is -3.46. The quantitative estimate of drug-likeness (QED) is 0.861. The van der Waals surface area contributed by atoms with Crippen molar-refractivity contribution in [3.05, 3.63) is 18.3 Å². The Kier molecular flexibility index (Phi) is 3.43. The monoisotopic (exact) mass is 296 g/mol. The molecule has 0 aliphatic carbocycles. The van der Waals surface area contributed by atoms with Crippen molar-refractivity contribution >= 4 is 15.8 Å². The van der Waals surface area contributed by atoms with Gasteiger partial charge >= 0.3 is 0 Å². The fraction of sp³-hybridized carbons (Fsp3) is 0.615. The van der Waals surface area contributed by atoms with Crippen molar-refractivity contribution in [2.24, 2.45) is 0 Å². The van der Waals surface area contributed by atoms with Crippen molar-refractivity contribution in [1.82, 2.24) is 14.2 Å². The van der Waals surface area contributed by atoms with Crippen LogP contribution >= 0.6 is 0 Å². The van der Waals surface area contributed by atoms with Crippen molar-refractivity contribution in [3.63, 3.8) is 0 Å². The van der Waals surface area contributed by atoms with Gasteiger partial charge in [-0.2, -0.15) is 4.31 Å². The first-order valence-corrected chi connectivity index (χ1v) is 8.36. The molecule has 3 heterocycles. The number of sulfonamides is 1. The van der Waals surface area contributed by atoms with Crippen molar-refractivity contribution in [1.29, 1.82) is 0 Å². The lowest BCUT2D eigenvalue weighted by Gasteiger charge is -2.25. The molecule has 0 spiro atoms. The van der Waals surface area contributed by atoms with E-state index in [0.717, 1.165) is 12.8 Å². The molecule has 110 valence electrons. The third-order valence-corrected chi connectivity index (χ3v) is 6.36. The molecule has 6 nitrogen and oxygen atoms in total. The summed E-state index contributed by atoms with van der Waals surface area (Å²) in [7, 11) is -1.36. The molecule has 1 aromatic rings. The van der Waals surface area contributed by atoms with E-state index in [0.29, 0.717) is 31.0 Å². The van der Waals surface area contributed by atoms with E-state index in [2.05, 4.69) is 16.9 Å². The molecule has 2 unspecified atom stereocenters. The summed E-state index contributed by atoms with van der Waals surface area (Å²) in [6.45, 7) is 1.15. The molecule has 20 heavy (non-hydrogen) atoms. The summed E-state index contributed by atoms with van der Waals surface area (Å²) in [4.78, 5) is 6.45. The number of aromatic nitrogens is 1. The predicted molar refractivity (Wildman–Crippen MR) is 76.6 cm³/mol. The van der Waals surface area contributed by atoms with Crippen LogP contribution in [0.4, 0.5) is 5.82 Å². The van der Waals surface area contributed by atoms with Crippen molar-refractivity contribution in [3.8, 4) is 0 Å². The molecule has 0 radical (unpaired) electrons. The van der Waals surface area contributed by atoms with Gasteiger partial charge in [-0.3, -0.25) is 4.90 Å². The van der Waals surface area contributed by atoms with Gasteiger partial charge in [0.2, 0.25) is 10.0 Å². The standard InChI is InChI=1S/C13H20N4O2S/c1-16-10-2-3-11(16)9-17(7-6-10)20(18,19)12-4-5-13(14)15-8-12/h4-5,8,10-11H,2-3,6-7,9H2,1H3,(H2,14,15). The number of hydrogen-bond donors (Lipinski definition) is 1. The van der Waals surface area contributed by atoms with Crippen LogP contribution in [-0.4, -0.2) is 54.8 Å². The van der Waals surface area contributed by atoms with Crippen LogP contribution in [0.1, 0.15) is 19.3 Å². The summed E-state index contributed by atoms with van der Waals surface area (Å²) in [5.41, 5.74) is 5.51. The first kappa shape index (κ1) is 13.8. The van der Waals surface area contributed by atoms with Crippen LogP contribution in [0, 0.1) is 0 Å². The van der Waals surface area contributed by atoms with Gasteiger partial charge in [0.05, 0.1) is 0 Å². The molecule has 2 bridgehead atoms. The molecule has 0 saturated carbocycles. The largest absolute Gasteiger partial charge is 0.384 e. The highest BCUT2D eigenvalue weighted by molar-refractivity contribution is 7.89. The topological polar surface area (TPSA) is 79.5 Å². The highest BCUT2D eigenvalue weighted by atomic mass is 32.2. The maximum atomic E-state index is 12.7. The average Bonchev–Trinajstić information content (AvgIpc) is 2.63. The van der Waals surface area contributed by atoms with E-state index in [4.69, 9.17) is 5.73 Å². The highest BCUT2D eigenvalue weighted by Crippen LogP contribution is 2.30. The molecule has 1 aromatic heterocycles. The van der Waals surface area contributed by atoms with Gasteiger partial charge in [-0.05, 0) is 38.4 Å². The fourth-order valence-corrected chi connectivity index (χ4v) is 4.63. The number of nitrogens with zero attached hydrogens (tertiary/aromatic N) is 3.